The maximum Gasteiger partial charge on any atom is 0.0541 e. The molecule has 0 aliphatic heterocycles. The molecule has 0 saturated heterocycles. The highest BCUT2D eigenvalue weighted by Gasteiger charge is 2.18. The van der Waals surface area contributed by atoms with Gasteiger partial charge in [0.25, 0.3) is 0 Å². The number of fused-ring (bicyclic) bond motifs is 9. The van der Waals surface area contributed by atoms with Crippen LogP contribution in [0.25, 0.3) is 82.5 Å². The second-order valence-corrected chi connectivity index (χ2v) is 15.5. The smallest absolute Gasteiger partial charge is 0.0541 e. The Labute approximate surface area is 341 Å². The number of nitrogens with zero attached hydrogens (tertiary/aromatic N) is 4. The summed E-state index contributed by atoms with van der Waals surface area (Å²) in [6, 6.07) is 77.3. The highest BCUT2D eigenvalue weighted by atomic mass is 15.1. The molecule has 12 rings (SSSR count). The van der Waals surface area contributed by atoms with Crippen LogP contribution >= 0.6 is 0 Å². The number of aromatic nitrogens is 3. The number of para-hydroxylation sites is 5. The van der Waals surface area contributed by atoms with Crippen LogP contribution < -0.4 is 4.90 Å². The van der Waals surface area contributed by atoms with Crippen molar-refractivity contribution in [3.8, 4) is 17.1 Å². The van der Waals surface area contributed by atoms with E-state index in [1.165, 1.54) is 71.0 Å². The van der Waals surface area contributed by atoms with E-state index in [-0.39, 0.29) is 0 Å². The minimum Gasteiger partial charge on any atom is -0.310 e. The molecule has 0 aliphatic carbocycles. The molecule has 3 aromatic heterocycles. The summed E-state index contributed by atoms with van der Waals surface area (Å²) in [4.78, 5) is 2.37. The van der Waals surface area contributed by atoms with Crippen molar-refractivity contribution in [3.05, 3.63) is 218 Å². The van der Waals surface area contributed by atoms with Gasteiger partial charge in [0.1, 0.15) is 0 Å². The van der Waals surface area contributed by atoms with Crippen LogP contribution in [0.1, 0.15) is 5.56 Å². The SMILES string of the molecule is Cc1ccc2c(c1)c1ccccc1n2-c1ccc(N(c2ccc(-n3c4ccccc4c4ccccc43)cc2)c2ccc(-n3c4ccccc4c4ccccc43)cc2)cc1. The molecule has 4 heteroatoms. The van der Waals surface area contributed by atoms with E-state index in [1.54, 1.807) is 0 Å². The molecule has 12 aromatic rings. The molecule has 3 heterocycles. The first-order chi connectivity index (χ1) is 29.2. The van der Waals surface area contributed by atoms with E-state index < -0.39 is 0 Å². The first-order valence-corrected chi connectivity index (χ1v) is 20.3. The molecule has 0 saturated carbocycles. The van der Waals surface area contributed by atoms with Crippen LogP contribution in [0, 0.1) is 6.92 Å². The molecule has 0 unspecified atom stereocenters. The number of hydrogen-bond acceptors (Lipinski definition) is 1. The molecule has 278 valence electrons. The van der Waals surface area contributed by atoms with Crippen molar-refractivity contribution in [2.45, 2.75) is 6.92 Å². The summed E-state index contributed by atoms with van der Waals surface area (Å²) in [5, 5.41) is 7.58. The van der Waals surface area contributed by atoms with E-state index in [0.29, 0.717) is 0 Å². The predicted molar refractivity (Wildman–Crippen MR) is 249 cm³/mol. The van der Waals surface area contributed by atoms with Crippen LogP contribution in [0.4, 0.5) is 17.1 Å². The third-order valence-electron chi connectivity index (χ3n) is 12.1. The van der Waals surface area contributed by atoms with Crippen molar-refractivity contribution in [2.75, 3.05) is 4.90 Å². The van der Waals surface area contributed by atoms with Gasteiger partial charge in [0.15, 0.2) is 0 Å². The third kappa shape index (κ3) is 5.16. The summed E-state index contributed by atoms with van der Waals surface area (Å²) in [5.41, 5.74) is 15.1. The van der Waals surface area contributed by atoms with Crippen LogP contribution in [0.3, 0.4) is 0 Å². The average Bonchev–Trinajstić information content (AvgIpc) is 3.93. The molecule has 0 fully saturated rings. The monoisotopic (exact) mass is 754 g/mol. The third-order valence-corrected chi connectivity index (χ3v) is 12.1. The molecule has 59 heavy (non-hydrogen) atoms. The summed E-state index contributed by atoms with van der Waals surface area (Å²) in [6.07, 6.45) is 0. The lowest BCUT2D eigenvalue weighted by Gasteiger charge is -2.26. The van der Waals surface area contributed by atoms with Gasteiger partial charge >= 0.3 is 0 Å². The van der Waals surface area contributed by atoms with E-state index in [4.69, 9.17) is 0 Å². The lowest BCUT2D eigenvalue weighted by atomic mass is 10.1. The predicted octanol–water partition coefficient (Wildman–Crippen LogP) is 14.8. The maximum absolute atomic E-state index is 2.39. The normalized spacial score (nSPS) is 11.8. The first-order valence-electron chi connectivity index (χ1n) is 20.3. The largest absolute Gasteiger partial charge is 0.310 e. The zero-order chi connectivity index (χ0) is 39.0. The van der Waals surface area contributed by atoms with E-state index in [2.05, 4.69) is 238 Å². The zero-order valence-electron chi connectivity index (χ0n) is 32.5. The lowest BCUT2D eigenvalue weighted by molar-refractivity contribution is 1.16. The Morgan fingerprint density at radius 2 is 0.542 bits per heavy atom. The van der Waals surface area contributed by atoms with Gasteiger partial charge in [0.05, 0.1) is 33.1 Å². The van der Waals surface area contributed by atoms with E-state index in [0.717, 1.165) is 34.1 Å². The van der Waals surface area contributed by atoms with Gasteiger partial charge in [-0.3, -0.25) is 0 Å². The molecular formula is C55H38N4. The average molecular weight is 755 g/mol. The Morgan fingerprint density at radius 3 is 0.864 bits per heavy atom. The van der Waals surface area contributed by atoms with Crippen molar-refractivity contribution in [3.63, 3.8) is 0 Å². The Balaban J connectivity index is 0.997. The Morgan fingerprint density at radius 1 is 0.271 bits per heavy atom. The van der Waals surface area contributed by atoms with Gasteiger partial charge < -0.3 is 18.6 Å². The van der Waals surface area contributed by atoms with Gasteiger partial charge in [0.2, 0.25) is 0 Å². The van der Waals surface area contributed by atoms with Crippen LogP contribution in [0.2, 0.25) is 0 Å². The first kappa shape index (κ1) is 33.3. The fraction of sp³-hybridized carbons (Fsp3) is 0.0182. The molecular weight excluding hydrogens is 717 g/mol. The Hall–Kier alpha value is -7.82. The van der Waals surface area contributed by atoms with E-state index in [9.17, 15) is 0 Å². The number of benzene rings is 9. The molecule has 0 bridgehead atoms. The standard InChI is InChI=1S/C55H38N4/c1-37-22-35-55-49(36-37)48-16-6-11-21-54(48)59(55)43-33-27-40(28-34-43)56(38-23-29-41(30-24-38)57-50-17-7-2-12-44(50)45-13-3-8-18-51(45)57)39-25-31-42(32-26-39)58-52-19-9-4-14-46(52)47-15-5-10-20-53(47)58/h2-36H,1H3. The second kappa shape index (κ2) is 13.1. The van der Waals surface area contributed by atoms with Gasteiger partial charge in [-0.1, -0.05) is 103 Å². The summed E-state index contributed by atoms with van der Waals surface area (Å²) in [6.45, 7) is 2.17. The zero-order valence-corrected chi connectivity index (χ0v) is 32.5. The molecule has 0 aliphatic rings. The Bertz CT molecular complexity index is 3280. The summed E-state index contributed by atoms with van der Waals surface area (Å²) >= 11 is 0. The number of aryl methyl sites for hydroxylation is 1. The summed E-state index contributed by atoms with van der Waals surface area (Å²) < 4.78 is 7.14. The van der Waals surface area contributed by atoms with Crippen molar-refractivity contribution in [2.24, 2.45) is 0 Å². The van der Waals surface area contributed by atoms with Gasteiger partial charge in [-0.15, -0.1) is 0 Å². The van der Waals surface area contributed by atoms with Crippen molar-refractivity contribution >= 4 is 82.5 Å². The van der Waals surface area contributed by atoms with Crippen molar-refractivity contribution in [1.82, 2.24) is 13.7 Å². The quantitative estimate of drug-likeness (QED) is 0.165. The fourth-order valence-electron chi connectivity index (χ4n) is 9.47. The van der Waals surface area contributed by atoms with Crippen molar-refractivity contribution in [1.29, 1.82) is 0 Å². The van der Waals surface area contributed by atoms with Gasteiger partial charge in [0, 0.05) is 66.4 Å². The molecule has 0 atom stereocenters. The van der Waals surface area contributed by atoms with Crippen LogP contribution in [0.15, 0.2) is 212 Å². The highest BCUT2D eigenvalue weighted by Crippen LogP contribution is 2.40. The Kier molecular flexibility index (Phi) is 7.41. The summed E-state index contributed by atoms with van der Waals surface area (Å²) in [5.74, 6) is 0. The van der Waals surface area contributed by atoms with Gasteiger partial charge in [-0.25, -0.2) is 0 Å². The molecule has 0 spiro atoms. The molecule has 0 amide bonds. The second-order valence-electron chi connectivity index (χ2n) is 15.5. The minimum absolute atomic E-state index is 1.08. The lowest BCUT2D eigenvalue weighted by Crippen LogP contribution is -2.10. The molecule has 0 N–H and O–H groups in total. The molecule has 4 nitrogen and oxygen atoms in total. The van der Waals surface area contributed by atoms with Crippen LogP contribution in [-0.2, 0) is 0 Å². The van der Waals surface area contributed by atoms with Crippen molar-refractivity contribution < 1.29 is 0 Å². The topological polar surface area (TPSA) is 18.0 Å². The van der Waals surface area contributed by atoms with Gasteiger partial charge in [-0.2, -0.15) is 0 Å². The summed E-state index contributed by atoms with van der Waals surface area (Å²) in [7, 11) is 0. The molecule has 9 aromatic carbocycles. The van der Waals surface area contributed by atoms with E-state index >= 15 is 0 Å². The number of rotatable bonds is 6. The van der Waals surface area contributed by atoms with E-state index in [1.807, 2.05) is 0 Å². The number of hydrogen-bond donors (Lipinski definition) is 0. The van der Waals surface area contributed by atoms with Crippen LogP contribution in [-0.4, -0.2) is 13.7 Å². The van der Waals surface area contributed by atoms with Crippen LogP contribution in [0.5, 0.6) is 0 Å². The number of anilines is 3. The fourth-order valence-corrected chi connectivity index (χ4v) is 9.47. The molecule has 0 radical (unpaired) electrons. The maximum atomic E-state index is 2.39. The van der Waals surface area contributed by atoms with Gasteiger partial charge in [-0.05, 0) is 122 Å². The minimum atomic E-state index is 1.08. The highest BCUT2D eigenvalue weighted by molar-refractivity contribution is 6.11.